The van der Waals surface area contributed by atoms with Gasteiger partial charge in [-0.1, -0.05) is 0 Å². The number of benzene rings is 2. The van der Waals surface area contributed by atoms with Crippen LogP contribution in [0.3, 0.4) is 0 Å². The summed E-state index contributed by atoms with van der Waals surface area (Å²) in [5.41, 5.74) is 0.138. The van der Waals surface area contributed by atoms with Crippen molar-refractivity contribution in [3.05, 3.63) is 42.0 Å². The smallest absolute Gasteiger partial charge is 0.243 e. The number of ketones is 1. The van der Waals surface area contributed by atoms with Gasteiger partial charge in [-0.15, -0.1) is 0 Å². The fraction of sp³-hybridized carbons (Fsp3) is 0.391. The van der Waals surface area contributed by atoms with E-state index in [2.05, 4.69) is 5.32 Å². The van der Waals surface area contributed by atoms with Crippen molar-refractivity contribution in [2.75, 3.05) is 32.6 Å². The maximum absolute atomic E-state index is 13.1. The number of piperidine rings is 1. The maximum atomic E-state index is 13.1. The average molecular weight is 475 g/mol. The van der Waals surface area contributed by atoms with Crippen LogP contribution in [0, 0.1) is 0 Å². The van der Waals surface area contributed by atoms with Gasteiger partial charge in [-0.2, -0.15) is 4.31 Å². The number of fused-ring (bicyclic) bond motifs is 1. The van der Waals surface area contributed by atoms with Gasteiger partial charge in [0, 0.05) is 50.7 Å². The lowest BCUT2D eigenvalue weighted by Gasteiger charge is -2.43. The van der Waals surface area contributed by atoms with Crippen LogP contribution in [-0.2, 0) is 14.8 Å². The Morgan fingerprint density at radius 3 is 2.33 bits per heavy atom. The van der Waals surface area contributed by atoms with E-state index in [0.29, 0.717) is 41.3 Å². The molecule has 2 aliphatic rings. The van der Waals surface area contributed by atoms with E-state index in [9.17, 15) is 18.0 Å². The van der Waals surface area contributed by atoms with Gasteiger partial charge in [0.15, 0.2) is 5.78 Å². The van der Waals surface area contributed by atoms with Crippen LogP contribution in [0.4, 0.5) is 5.69 Å². The molecule has 1 amide bonds. The third-order valence-electron chi connectivity index (χ3n) is 6.03. The molecular formula is C23H26N2O7S. The predicted molar refractivity (Wildman–Crippen MR) is 121 cm³/mol. The second kappa shape index (κ2) is 8.68. The molecule has 0 saturated carbocycles. The third-order valence-corrected chi connectivity index (χ3v) is 7.94. The summed E-state index contributed by atoms with van der Waals surface area (Å²) in [7, 11) is -0.711. The van der Waals surface area contributed by atoms with E-state index < -0.39 is 15.6 Å². The monoisotopic (exact) mass is 474 g/mol. The van der Waals surface area contributed by atoms with Crippen LogP contribution >= 0.6 is 0 Å². The summed E-state index contributed by atoms with van der Waals surface area (Å²) in [6.45, 7) is 1.83. The Hall–Kier alpha value is -3.11. The van der Waals surface area contributed by atoms with Crippen molar-refractivity contribution in [1.82, 2.24) is 4.31 Å². The highest BCUT2D eigenvalue weighted by Gasteiger charge is 2.46. The maximum Gasteiger partial charge on any atom is 0.243 e. The number of rotatable bonds is 5. The molecule has 33 heavy (non-hydrogen) atoms. The number of carbonyl (C=O) groups is 2. The molecule has 0 aromatic heterocycles. The molecule has 1 fully saturated rings. The molecule has 2 aliphatic heterocycles. The molecule has 0 atom stereocenters. The van der Waals surface area contributed by atoms with Crippen LogP contribution < -0.4 is 19.5 Å². The van der Waals surface area contributed by atoms with Crippen molar-refractivity contribution >= 4 is 27.4 Å². The molecule has 0 unspecified atom stereocenters. The fourth-order valence-corrected chi connectivity index (χ4v) is 5.77. The SMILES string of the molecule is COc1cc(OC)c2c(c1)OC1(CCN(S(=O)(=O)c3ccc(NC(C)=O)cc3)CC1)CC2=O. The van der Waals surface area contributed by atoms with Crippen LogP contribution in [0.1, 0.15) is 36.5 Å². The molecule has 0 bridgehead atoms. The Labute approximate surface area is 192 Å². The number of ether oxygens (including phenoxy) is 3. The lowest BCUT2D eigenvalue weighted by atomic mass is 9.82. The lowest BCUT2D eigenvalue weighted by Crippen LogP contribution is -2.52. The normalized spacial score (nSPS) is 17.7. The first-order chi connectivity index (χ1) is 15.7. The van der Waals surface area contributed by atoms with Gasteiger partial charge in [-0.25, -0.2) is 8.42 Å². The molecule has 2 aromatic rings. The molecule has 2 aromatic carbocycles. The van der Waals surface area contributed by atoms with E-state index in [4.69, 9.17) is 14.2 Å². The average Bonchev–Trinajstić information content (AvgIpc) is 2.78. The number of methoxy groups -OCH3 is 2. The second-order valence-electron chi connectivity index (χ2n) is 8.20. The highest BCUT2D eigenvalue weighted by atomic mass is 32.2. The van der Waals surface area contributed by atoms with Crippen LogP contribution in [-0.4, -0.2) is 57.3 Å². The van der Waals surface area contributed by atoms with Crippen molar-refractivity contribution in [3.63, 3.8) is 0 Å². The number of anilines is 1. The van der Waals surface area contributed by atoms with Gasteiger partial charge >= 0.3 is 0 Å². The molecule has 4 rings (SSSR count). The summed E-state index contributed by atoms with van der Waals surface area (Å²) in [5, 5.41) is 2.62. The standard InChI is InChI=1S/C23H26N2O7S/c1-15(26)24-16-4-6-18(7-5-16)33(28,29)25-10-8-23(9-11-25)14-19(27)22-20(31-3)12-17(30-2)13-21(22)32-23/h4-7,12-13H,8-11,14H2,1-3H3,(H,24,26). The Kier molecular flexibility index (Phi) is 6.06. The largest absolute Gasteiger partial charge is 0.496 e. The van der Waals surface area contributed by atoms with E-state index in [1.54, 1.807) is 24.3 Å². The van der Waals surface area contributed by atoms with Gasteiger partial charge in [-0.3, -0.25) is 9.59 Å². The first-order valence-corrected chi connectivity index (χ1v) is 12.0. The second-order valence-corrected chi connectivity index (χ2v) is 10.1. The summed E-state index contributed by atoms with van der Waals surface area (Å²) >= 11 is 0. The van der Waals surface area contributed by atoms with Crippen molar-refractivity contribution < 1.29 is 32.2 Å². The molecule has 176 valence electrons. The number of sulfonamides is 1. The highest BCUT2D eigenvalue weighted by Crippen LogP contribution is 2.45. The number of Topliss-reactive ketones (excluding diaryl/α,β-unsaturated/α-hetero) is 1. The Morgan fingerprint density at radius 2 is 1.76 bits per heavy atom. The first-order valence-electron chi connectivity index (χ1n) is 10.5. The van der Waals surface area contributed by atoms with Gasteiger partial charge in [0.2, 0.25) is 15.9 Å². The Balaban J connectivity index is 1.52. The summed E-state index contributed by atoms with van der Waals surface area (Å²) in [5.74, 6) is 0.976. The molecule has 9 nitrogen and oxygen atoms in total. The van der Waals surface area contributed by atoms with Crippen molar-refractivity contribution in [2.24, 2.45) is 0 Å². The number of hydrogen-bond donors (Lipinski definition) is 1. The Morgan fingerprint density at radius 1 is 1.09 bits per heavy atom. The molecule has 1 saturated heterocycles. The van der Waals surface area contributed by atoms with Gasteiger partial charge in [0.1, 0.15) is 28.4 Å². The molecule has 0 aliphatic carbocycles. The number of nitrogens with zero attached hydrogens (tertiary/aromatic N) is 1. The Bertz CT molecular complexity index is 1180. The topological polar surface area (TPSA) is 111 Å². The quantitative estimate of drug-likeness (QED) is 0.709. The fourth-order valence-electron chi connectivity index (χ4n) is 4.33. The molecule has 1 spiro atoms. The molecular weight excluding hydrogens is 448 g/mol. The number of nitrogens with one attached hydrogen (secondary N) is 1. The van der Waals surface area contributed by atoms with Crippen LogP contribution in [0.25, 0.3) is 0 Å². The summed E-state index contributed by atoms with van der Waals surface area (Å²) < 4.78 is 44.6. The minimum absolute atomic E-state index is 0.0966. The van der Waals surface area contributed by atoms with Crippen molar-refractivity contribution in [3.8, 4) is 17.2 Å². The summed E-state index contributed by atoms with van der Waals surface area (Å²) in [6, 6.07) is 9.36. The first kappa shape index (κ1) is 23.1. The summed E-state index contributed by atoms with van der Waals surface area (Å²) in [4.78, 5) is 24.3. The van der Waals surface area contributed by atoms with Crippen molar-refractivity contribution in [2.45, 2.75) is 36.7 Å². The van der Waals surface area contributed by atoms with Crippen LogP contribution in [0.5, 0.6) is 17.2 Å². The van der Waals surface area contributed by atoms with Gasteiger partial charge in [0.25, 0.3) is 0 Å². The zero-order chi connectivity index (χ0) is 23.8. The van der Waals surface area contributed by atoms with E-state index in [-0.39, 0.29) is 36.1 Å². The summed E-state index contributed by atoms with van der Waals surface area (Å²) in [6.07, 6.45) is 0.907. The molecule has 10 heteroatoms. The zero-order valence-corrected chi connectivity index (χ0v) is 19.5. The van der Waals surface area contributed by atoms with Crippen LogP contribution in [0.2, 0.25) is 0 Å². The van der Waals surface area contributed by atoms with Gasteiger partial charge < -0.3 is 19.5 Å². The van der Waals surface area contributed by atoms with Gasteiger partial charge in [0.05, 0.1) is 25.5 Å². The lowest BCUT2D eigenvalue weighted by molar-refractivity contribution is -0.114. The van der Waals surface area contributed by atoms with E-state index in [0.717, 1.165) is 0 Å². The van der Waals surface area contributed by atoms with Crippen molar-refractivity contribution in [1.29, 1.82) is 0 Å². The molecule has 1 N–H and O–H groups in total. The molecule has 0 radical (unpaired) electrons. The minimum Gasteiger partial charge on any atom is -0.496 e. The van der Waals surface area contributed by atoms with Crippen LogP contribution in [0.15, 0.2) is 41.3 Å². The third kappa shape index (κ3) is 4.40. The minimum atomic E-state index is -3.72. The van der Waals surface area contributed by atoms with Gasteiger partial charge in [-0.05, 0) is 24.3 Å². The number of carbonyl (C=O) groups excluding carboxylic acids is 2. The van der Waals surface area contributed by atoms with E-state index >= 15 is 0 Å². The number of hydrogen-bond acceptors (Lipinski definition) is 7. The zero-order valence-electron chi connectivity index (χ0n) is 18.7. The van der Waals surface area contributed by atoms with E-state index in [1.807, 2.05) is 0 Å². The number of amides is 1. The molecule has 2 heterocycles. The van der Waals surface area contributed by atoms with E-state index in [1.165, 1.54) is 37.6 Å². The highest BCUT2D eigenvalue weighted by molar-refractivity contribution is 7.89. The predicted octanol–water partition coefficient (Wildman–Crippen LogP) is 2.85.